The van der Waals surface area contributed by atoms with Crippen LogP contribution in [0, 0.1) is 13.8 Å². The lowest BCUT2D eigenvalue weighted by atomic mass is 10.2. The van der Waals surface area contributed by atoms with Crippen LogP contribution in [-0.2, 0) is 16.1 Å². The third-order valence-corrected chi connectivity index (χ3v) is 4.60. The van der Waals surface area contributed by atoms with E-state index in [0.29, 0.717) is 17.7 Å². The van der Waals surface area contributed by atoms with Crippen LogP contribution in [0.5, 0.6) is 0 Å². The summed E-state index contributed by atoms with van der Waals surface area (Å²) >= 11 is 0. The highest BCUT2D eigenvalue weighted by Crippen LogP contribution is 2.18. The van der Waals surface area contributed by atoms with Crippen molar-refractivity contribution in [1.82, 2.24) is 9.88 Å². The van der Waals surface area contributed by atoms with Gasteiger partial charge in [0.05, 0.1) is 5.56 Å². The number of nitrogens with one attached hydrogen (secondary N) is 1. The lowest BCUT2D eigenvalue weighted by Crippen LogP contribution is -2.34. The molecule has 1 N–H and O–H groups in total. The number of hydrogen-bond acceptors (Lipinski definition) is 4. The van der Waals surface area contributed by atoms with Crippen LogP contribution in [-0.4, -0.2) is 29.0 Å². The Balaban J connectivity index is 1.60. The predicted molar refractivity (Wildman–Crippen MR) is 109 cm³/mol. The highest BCUT2D eigenvalue weighted by Gasteiger charge is 2.19. The van der Waals surface area contributed by atoms with Gasteiger partial charge in [-0.2, -0.15) is 0 Å². The smallest absolute Gasteiger partial charge is 0.340 e. The molecule has 0 aliphatic rings. The number of nitrogens with zero attached hydrogens (tertiary/aromatic N) is 1. The summed E-state index contributed by atoms with van der Waals surface area (Å²) in [5.74, 6) is -1.81. The Hall–Kier alpha value is -3.67. The van der Waals surface area contributed by atoms with Crippen LogP contribution >= 0.6 is 0 Å². The molecule has 148 valence electrons. The van der Waals surface area contributed by atoms with Crippen LogP contribution in [0.3, 0.4) is 0 Å². The Bertz CT molecular complexity index is 1020. The SMILES string of the molecule is Cc1cc(C(=O)OCC(=O)NC(=O)c2ccccc2)c(C)n1Cc1ccccc1. The van der Waals surface area contributed by atoms with Crippen molar-refractivity contribution < 1.29 is 19.1 Å². The van der Waals surface area contributed by atoms with Gasteiger partial charge in [-0.05, 0) is 37.6 Å². The fraction of sp³-hybridized carbons (Fsp3) is 0.174. The second-order valence-corrected chi connectivity index (χ2v) is 6.68. The Morgan fingerprint density at radius 2 is 1.55 bits per heavy atom. The first-order chi connectivity index (χ1) is 14.0. The number of amides is 2. The van der Waals surface area contributed by atoms with Crippen molar-refractivity contribution in [3.8, 4) is 0 Å². The number of benzene rings is 2. The summed E-state index contributed by atoms with van der Waals surface area (Å²) in [7, 11) is 0. The number of carbonyl (C=O) groups excluding carboxylic acids is 3. The lowest BCUT2D eigenvalue weighted by Gasteiger charge is -2.10. The van der Waals surface area contributed by atoms with E-state index >= 15 is 0 Å². The zero-order valence-corrected chi connectivity index (χ0v) is 16.3. The van der Waals surface area contributed by atoms with Gasteiger partial charge in [-0.15, -0.1) is 0 Å². The number of imide groups is 1. The van der Waals surface area contributed by atoms with E-state index in [0.717, 1.165) is 17.0 Å². The minimum Gasteiger partial charge on any atom is -0.452 e. The second-order valence-electron chi connectivity index (χ2n) is 6.68. The highest BCUT2D eigenvalue weighted by molar-refractivity contribution is 6.05. The molecule has 2 aromatic carbocycles. The maximum Gasteiger partial charge on any atom is 0.340 e. The Morgan fingerprint density at radius 3 is 2.21 bits per heavy atom. The van der Waals surface area contributed by atoms with E-state index in [9.17, 15) is 14.4 Å². The molecule has 1 aromatic heterocycles. The van der Waals surface area contributed by atoms with E-state index in [2.05, 4.69) is 5.32 Å². The van der Waals surface area contributed by atoms with Crippen molar-refractivity contribution >= 4 is 17.8 Å². The molecule has 3 rings (SSSR count). The molecule has 29 heavy (non-hydrogen) atoms. The lowest BCUT2D eigenvalue weighted by molar-refractivity contribution is -0.123. The fourth-order valence-corrected chi connectivity index (χ4v) is 3.05. The molecule has 0 fully saturated rings. The molecule has 3 aromatic rings. The van der Waals surface area contributed by atoms with Gasteiger partial charge < -0.3 is 9.30 Å². The maximum atomic E-state index is 12.4. The minimum atomic E-state index is -0.676. The van der Waals surface area contributed by atoms with Gasteiger partial charge in [0.15, 0.2) is 6.61 Å². The van der Waals surface area contributed by atoms with Gasteiger partial charge in [0.25, 0.3) is 11.8 Å². The summed E-state index contributed by atoms with van der Waals surface area (Å²) < 4.78 is 7.13. The molecular formula is C23H22N2O4. The van der Waals surface area contributed by atoms with Crippen molar-refractivity contribution in [2.75, 3.05) is 6.61 Å². The summed E-state index contributed by atoms with van der Waals surface area (Å²) in [6, 6.07) is 20.0. The van der Waals surface area contributed by atoms with Gasteiger partial charge in [-0.25, -0.2) is 4.79 Å². The van der Waals surface area contributed by atoms with Crippen LogP contribution in [0.1, 0.15) is 37.7 Å². The number of ether oxygens (including phenoxy) is 1. The third kappa shape index (κ3) is 4.99. The van der Waals surface area contributed by atoms with E-state index in [1.165, 1.54) is 0 Å². The monoisotopic (exact) mass is 390 g/mol. The first kappa shape index (κ1) is 20.1. The van der Waals surface area contributed by atoms with Crippen LogP contribution in [0.4, 0.5) is 0 Å². The molecule has 6 heteroatoms. The number of esters is 1. The molecule has 0 atom stereocenters. The second kappa shape index (κ2) is 9.01. The zero-order valence-electron chi connectivity index (χ0n) is 16.3. The maximum absolute atomic E-state index is 12.4. The van der Waals surface area contributed by atoms with Gasteiger partial charge in [0.2, 0.25) is 0 Å². The van der Waals surface area contributed by atoms with Gasteiger partial charge in [-0.3, -0.25) is 14.9 Å². The number of aromatic nitrogens is 1. The van der Waals surface area contributed by atoms with E-state index in [-0.39, 0.29) is 0 Å². The van der Waals surface area contributed by atoms with Crippen LogP contribution in [0.25, 0.3) is 0 Å². The highest BCUT2D eigenvalue weighted by atomic mass is 16.5. The van der Waals surface area contributed by atoms with Crippen molar-refractivity contribution in [2.24, 2.45) is 0 Å². The number of aryl methyl sites for hydroxylation is 1. The van der Waals surface area contributed by atoms with Crippen LogP contribution in [0.15, 0.2) is 66.7 Å². The van der Waals surface area contributed by atoms with E-state index in [1.807, 2.05) is 48.7 Å². The van der Waals surface area contributed by atoms with Crippen LogP contribution in [0.2, 0.25) is 0 Å². The van der Waals surface area contributed by atoms with E-state index in [4.69, 9.17) is 4.74 Å². The Labute approximate surface area is 169 Å². The van der Waals surface area contributed by atoms with Gasteiger partial charge in [0, 0.05) is 23.5 Å². The fourth-order valence-electron chi connectivity index (χ4n) is 3.05. The first-order valence-corrected chi connectivity index (χ1v) is 9.22. The molecule has 0 unspecified atom stereocenters. The summed E-state index contributed by atoms with van der Waals surface area (Å²) in [5, 5.41) is 2.21. The summed E-state index contributed by atoms with van der Waals surface area (Å²) in [6.45, 7) is 3.86. The summed E-state index contributed by atoms with van der Waals surface area (Å²) in [4.78, 5) is 36.4. The van der Waals surface area contributed by atoms with Crippen molar-refractivity contribution in [3.05, 3.63) is 94.8 Å². The molecule has 0 saturated heterocycles. The average molecular weight is 390 g/mol. The molecule has 2 amide bonds. The van der Waals surface area contributed by atoms with Crippen molar-refractivity contribution in [3.63, 3.8) is 0 Å². The van der Waals surface area contributed by atoms with Crippen LogP contribution < -0.4 is 5.32 Å². The molecule has 0 bridgehead atoms. The molecule has 0 aliphatic heterocycles. The molecular weight excluding hydrogens is 368 g/mol. The standard InChI is InChI=1S/C23H22N2O4/c1-16-13-20(17(2)25(16)14-18-9-5-3-6-10-18)23(28)29-15-21(26)24-22(27)19-11-7-4-8-12-19/h3-13H,14-15H2,1-2H3,(H,24,26,27). The molecule has 0 spiro atoms. The van der Waals surface area contributed by atoms with E-state index < -0.39 is 24.4 Å². The summed E-state index contributed by atoms with van der Waals surface area (Å²) in [6.07, 6.45) is 0. The Morgan fingerprint density at radius 1 is 0.931 bits per heavy atom. The molecule has 0 aliphatic carbocycles. The number of rotatable bonds is 6. The Kier molecular flexibility index (Phi) is 6.24. The van der Waals surface area contributed by atoms with Gasteiger partial charge in [0.1, 0.15) is 0 Å². The van der Waals surface area contributed by atoms with E-state index in [1.54, 1.807) is 36.4 Å². The van der Waals surface area contributed by atoms with Gasteiger partial charge in [-0.1, -0.05) is 48.5 Å². The van der Waals surface area contributed by atoms with Gasteiger partial charge >= 0.3 is 5.97 Å². The molecule has 0 radical (unpaired) electrons. The molecule has 6 nitrogen and oxygen atoms in total. The topological polar surface area (TPSA) is 77.4 Å². The largest absolute Gasteiger partial charge is 0.452 e. The number of hydrogen-bond donors (Lipinski definition) is 1. The van der Waals surface area contributed by atoms with Crippen molar-refractivity contribution in [2.45, 2.75) is 20.4 Å². The number of carbonyl (C=O) groups is 3. The zero-order chi connectivity index (χ0) is 20.8. The quantitative estimate of drug-likeness (QED) is 0.656. The average Bonchev–Trinajstić information content (AvgIpc) is 3.01. The first-order valence-electron chi connectivity index (χ1n) is 9.22. The van der Waals surface area contributed by atoms with Crippen molar-refractivity contribution in [1.29, 1.82) is 0 Å². The molecule has 0 saturated carbocycles. The predicted octanol–water partition coefficient (Wildman–Crippen LogP) is 3.27. The molecule has 1 heterocycles. The summed E-state index contributed by atoms with van der Waals surface area (Å²) in [5.41, 5.74) is 3.56. The minimum absolute atomic E-state index is 0.358. The normalized spacial score (nSPS) is 10.4. The third-order valence-electron chi connectivity index (χ3n) is 4.60.